The van der Waals surface area contributed by atoms with Gasteiger partial charge in [-0.3, -0.25) is 4.79 Å². The van der Waals surface area contributed by atoms with Crippen molar-refractivity contribution in [2.75, 3.05) is 11.9 Å². The predicted molar refractivity (Wildman–Crippen MR) is 75.7 cm³/mol. The number of hydrogen-bond donors (Lipinski definition) is 0. The summed E-state index contributed by atoms with van der Waals surface area (Å²) in [4.78, 5) is 14.0. The van der Waals surface area contributed by atoms with Gasteiger partial charge >= 0.3 is 0 Å². The van der Waals surface area contributed by atoms with Gasteiger partial charge in [-0.25, -0.2) is 0 Å². The Kier molecular flexibility index (Phi) is 3.58. The van der Waals surface area contributed by atoms with E-state index in [1.807, 2.05) is 54.6 Å². The first kappa shape index (κ1) is 12.1. The summed E-state index contributed by atoms with van der Waals surface area (Å²) in [6.45, 7) is 3.74. The highest BCUT2D eigenvalue weighted by atomic mass is 16.2. The van der Waals surface area contributed by atoms with Gasteiger partial charge in [-0.15, -0.1) is 0 Å². The number of amides is 1. The largest absolute Gasteiger partial charge is 0.311 e. The molecule has 0 N–H and O–H groups in total. The van der Waals surface area contributed by atoms with Crippen LogP contribution in [0.5, 0.6) is 0 Å². The van der Waals surface area contributed by atoms with Gasteiger partial charge in [0.2, 0.25) is 0 Å². The Morgan fingerprint density at radius 2 is 1.67 bits per heavy atom. The Morgan fingerprint density at radius 1 is 1.06 bits per heavy atom. The van der Waals surface area contributed by atoms with E-state index in [0.717, 1.165) is 11.3 Å². The number of benzene rings is 2. The first-order valence-corrected chi connectivity index (χ1v) is 5.78. The number of hydrogen-bond acceptors (Lipinski definition) is 1. The Hall–Kier alpha value is -2.35. The average Bonchev–Trinajstić information content (AvgIpc) is 2.46. The molecule has 0 aliphatic heterocycles. The van der Waals surface area contributed by atoms with E-state index in [1.54, 1.807) is 18.0 Å². The van der Waals surface area contributed by atoms with Crippen LogP contribution in [0.4, 0.5) is 5.69 Å². The van der Waals surface area contributed by atoms with Gasteiger partial charge in [0.25, 0.3) is 5.91 Å². The van der Waals surface area contributed by atoms with Crippen LogP contribution in [0.1, 0.15) is 15.9 Å². The fourth-order valence-corrected chi connectivity index (χ4v) is 1.82. The fraction of sp³-hybridized carbons (Fsp3) is 0.0625. The molecule has 0 unspecified atom stereocenters. The molecule has 0 atom stereocenters. The minimum atomic E-state index is -0.0308. The van der Waals surface area contributed by atoms with Crippen LogP contribution in [0, 0.1) is 0 Å². The standard InChI is InChI=1S/C16H15NO/c1-3-13-9-7-8-12-15(13)16(18)17(2)14-10-5-4-6-11-14/h3-12H,1H2,2H3. The van der Waals surface area contributed by atoms with E-state index in [0.29, 0.717) is 5.56 Å². The van der Waals surface area contributed by atoms with E-state index in [-0.39, 0.29) is 5.91 Å². The molecule has 0 bridgehead atoms. The van der Waals surface area contributed by atoms with E-state index in [9.17, 15) is 4.79 Å². The molecule has 1 amide bonds. The number of anilines is 1. The molecule has 2 aromatic carbocycles. The molecule has 0 aromatic heterocycles. The van der Waals surface area contributed by atoms with E-state index in [1.165, 1.54) is 0 Å². The lowest BCUT2D eigenvalue weighted by molar-refractivity contribution is 0.0993. The van der Waals surface area contributed by atoms with Crippen molar-refractivity contribution in [3.8, 4) is 0 Å². The molecular formula is C16H15NO. The topological polar surface area (TPSA) is 20.3 Å². The van der Waals surface area contributed by atoms with Crippen LogP contribution in [-0.2, 0) is 0 Å². The van der Waals surface area contributed by atoms with Crippen molar-refractivity contribution < 1.29 is 4.79 Å². The maximum Gasteiger partial charge on any atom is 0.258 e. The first-order chi connectivity index (χ1) is 8.74. The fourth-order valence-electron chi connectivity index (χ4n) is 1.82. The number of para-hydroxylation sites is 1. The Balaban J connectivity index is 2.34. The SMILES string of the molecule is C=Cc1ccccc1C(=O)N(C)c1ccccc1. The lowest BCUT2D eigenvalue weighted by Crippen LogP contribution is -2.26. The van der Waals surface area contributed by atoms with Gasteiger partial charge in [-0.05, 0) is 23.8 Å². The molecule has 0 saturated heterocycles. The molecule has 2 aromatic rings. The highest BCUT2D eigenvalue weighted by molar-refractivity contribution is 6.07. The third kappa shape index (κ3) is 2.33. The van der Waals surface area contributed by atoms with Crippen molar-refractivity contribution in [3.05, 3.63) is 72.3 Å². The second-order valence-electron chi connectivity index (χ2n) is 3.99. The summed E-state index contributed by atoms with van der Waals surface area (Å²) in [7, 11) is 1.78. The third-order valence-corrected chi connectivity index (χ3v) is 2.86. The normalized spacial score (nSPS) is 9.83. The number of carbonyl (C=O) groups is 1. The summed E-state index contributed by atoms with van der Waals surface area (Å²) in [5, 5.41) is 0. The van der Waals surface area contributed by atoms with Gasteiger partial charge in [-0.2, -0.15) is 0 Å². The molecule has 2 heteroatoms. The molecule has 0 heterocycles. The molecule has 90 valence electrons. The van der Waals surface area contributed by atoms with Crippen LogP contribution in [0.3, 0.4) is 0 Å². The molecule has 0 aliphatic carbocycles. The summed E-state index contributed by atoms with van der Waals surface area (Å²) in [5.74, 6) is -0.0308. The van der Waals surface area contributed by atoms with Crippen LogP contribution in [-0.4, -0.2) is 13.0 Å². The number of rotatable bonds is 3. The zero-order valence-electron chi connectivity index (χ0n) is 10.3. The molecule has 0 aliphatic rings. The summed E-state index contributed by atoms with van der Waals surface area (Å²) in [5.41, 5.74) is 2.39. The van der Waals surface area contributed by atoms with Gasteiger partial charge in [0, 0.05) is 18.3 Å². The van der Waals surface area contributed by atoms with Crippen LogP contribution in [0.2, 0.25) is 0 Å². The summed E-state index contributed by atoms with van der Waals surface area (Å²) in [6.07, 6.45) is 1.70. The lowest BCUT2D eigenvalue weighted by atomic mass is 10.1. The van der Waals surface area contributed by atoms with Crippen LogP contribution < -0.4 is 4.90 Å². The van der Waals surface area contributed by atoms with Crippen molar-refractivity contribution in [1.82, 2.24) is 0 Å². The quantitative estimate of drug-likeness (QED) is 0.798. The molecule has 0 saturated carbocycles. The maximum atomic E-state index is 12.4. The van der Waals surface area contributed by atoms with Gasteiger partial charge in [0.15, 0.2) is 0 Å². The van der Waals surface area contributed by atoms with Crippen molar-refractivity contribution in [3.63, 3.8) is 0 Å². The molecule has 18 heavy (non-hydrogen) atoms. The second-order valence-corrected chi connectivity index (χ2v) is 3.99. The van der Waals surface area contributed by atoms with Crippen molar-refractivity contribution in [1.29, 1.82) is 0 Å². The van der Waals surface area contributed by atoms with Gasteiger partial charge in [0.1, 0.15) is 0 Å². The molecule has 2 rings (SSSR count). The third-order valence-electron chi connectivity index (χ3n) is 2.86. The van der Waals surface area contributed by atoms with Crippen molar-refractivity contribution in [2.24, 2.45) is 0 Å². The van der Waals surface area contributed by atoms with Crippen LogP contribution in [0.15, 0.2) is 61.2 Å². The molecule has 2 nitrogen and oxygen atoms in total. The Bertz CT molecular complexity index is 560. The Morgan fingerprint density at radius 3 is 2.33 bits per heavy atom. The van der Waals surface area contributed by atoms with E-state index in [2.05, 4.69) is 6.58 Å². The van der Waals surface area contributed by atoms with Crippen molar-refractivity contribution >= 4 is 17.7 Å². The summed E-state index contributed by atoms with van der Waals surface area (Å²) in [6, 6.07) is 17.0. The molecule has 0 radical (unpaired) electrons. The minimum Gasteiger partial charge on any atom is -0.311 e. The molecular weight excluding hydrogens is 222 g/mol. The second kappa shape index (κ2) is 5.32. The van der Waals surface area contributed by atoms with Crippen LogP contribution in [0.25, 0.3) is 6.08 Å². The molecule has 0 fully saturated rings. The minimum absolute atomic E-state index is 0.0308. The highest BCUT2D eigenvalue weighted by Crippen LogP contribution is 2.17. The zero-order chi connectivity index (χ0) is 13.0. The van der Waals surface area contributed by atoms with Gasteiger partial charge in [-0.1, -0.05) is 49.1 Å². The van der Waals surface area contributed by atoms with Crippen molar-refractivity contribution in [2.45, 2.75) is 0 Å². The monoisotopic (exact) mass is 237 g/mol. The summed E-state index contributed by atoms with van der Waals surface area (Å²) >= 11 is 0. The predicted octanol–water partition coefficient (Wildman–Crippen LogP) is 3.61. The number of nitrogens with zero attached hydrogens (tertiary/aromatic N) is 1. The van der Waals surface area contributed by atoms with E-state index in [4.69, 9.17) is 0 Å². The summed E-state index contributed by atoms with van der Waals surface area (Å²) < 4.78 is 0. The maximum absolute atomic E-state index is 12.4. The van der Waals surface area contributed by atoms with E-state index < -0.39 is 0 Å². The van der Waals surface area contributed by atoms with Crippen LogP contribution >= 0.6 is 0 Å². The average molecular weight is 237 g/mol. The number of carbonyl (C=O) groups excluding carboxylic acids is 1. The Labute approximate surface area is 107 Å². The highest BCUT2D eigenvalue weighted by Gasteiger charge is 2.15. The smallest absolute Gasteiger partial charge is 0.258 e. The molecule has 0 spiro atoms. The zero-order valence-corrected chi connectivity index (χ0v) is 10.3. The first-order valence-electron chi connectivity index (χ1n) is 5.78. The van der Waals surface area contributed by atoms with Gasteiger partial charge < -0.3 is 4.90 Å². The van der Waals surface area contributed by atoms with E-state index >= 15 is 0 Å². The lowest BCUT2D eigenvalue weighted by Gasteiger charge is -2.18. The van der Waals surface area contributed by atoms with Gasteiger partial charge in [0.05, 0.1) is 0 Å².